The van der Waals surface area contributed by atoms with Gasteiger partial charge in [0.25, 0.3) is 0 Å². The minimum absolute atomic E-state index is 0.248. The zero-order valence-corrected chi connectivity index (χ0v) is 36.8. The molecule has 0 radical (unpaired) electrons. The van der Waals surface area contributed by atoms with Crippen LogP contribution in [0, 0.1) is 0 Å². The average Bonchev–Trinajstić information content (AvgIpc) is 3.22. The van der Waals surface area contributed by atoms with Gasteiger partial charge in [-0.05, 0) is 51.4 Å². The fourth-order valence-corrected chi connectivity index (χ4v) is 7.52. The van der Waals surface area contributed by atoms with Crippen LogP contribution in [0.25, 0.3) is 0 Å². The molecule has 0 saturated carbocycles. The van der Waals surface area contributed by atoms with E-state index in [1.807, 2.05) is 0 Å². The van der Waals surface area contributed by atoms with Crippen LogP contribution in [-0.4, -0.2) is 110 Å². The predicted molar refractivity (Wildman–Crippen MR) is 233 cm³/mol. The van der Waals surface area contributed by atoms with Crippen molar-refractivity contribution >= 4 is 5.91 Å². The Hall–Kier alpha value is -1.41. The number of aliphatic hydroxyl groups excluding tert-OH is 7. The van der Waals surface area contributed by atoms with E-state index >= 15 is 0 Å². The smallest absolute Gasteiger partial charge is 0.249 e. The lowest BCUT2D eigenvalue weighted by molar-refractivity contribution is -0.303. The highest BCUT2D eigenvalue weighted by Gasteiger charge is 2.44. The second-order valence-corrected chi connectivity index (χ2v) is 16.8. The molecule has 0 aliphatic carbocycles. The number of hydrogen-bond donors (Lipinski definition) is 8. The molecule has 8 N–H and O–H groups in total. The van der Waals surface area contributed by atoms with Gasteiger partial charge < -0.3 is 50.5 Å². The summed E-state index contributed by atoms with van der Waals surface area (Å²) < 4.78 is 11.1. The Bertz CT molecular complexity index is 997. The molecule has 1 saturated heterocycles. The maximum atomic E-state index is 13.0. The van der Waals surface area contributed by atoms with E-state index in [0.29, 0.717) is 19.3 Å². The third-order valence-corrected chi connectivity index (χ3v) is 11.5. The van der Waals surface area contributed by atoms with E-state index in [2.05, 4.69) is 43.5 Å². The van der Waals surface area contributed by atoms with Gasteiger partial charge in [-0.2, -0.15) is 0 Å². The fraction of sp³-hybridized carbons (Fsp3) is 0.894. The van der Waals surface area contributed by atoms with E-state index in [1.54, 1.807) is 0 Å². The summed E-state index contributed by atoms with van der Waals surface area (Å²) in [5.41, 5.74) is 0. The fourth-order valence-electron chi connectivity index (χ4n) is 7.52. The number of amides is 1. The summed E-state index contributed by atoms with van der Waals surface area (Å²) >= 11 is 0. The Kier molecular flexibility index (Phi) is 35.2. The quantitative estimate of drug-likeness (QED) is 0.0224. The van der Waals surface area contributed by atoms with Gasteiger partial charge in [0.05, 0.1) is 25.4 Å². The number of carbonyl (C=O) groups is 1. The lowest BCUT2D eigenvalue weighted by Gasteiger charge is -2.40. The van der Waals surface area contributed by atoms with Crippen LogP contribution < -0.4 is 5.32 Å². The normalized spacial score (nSPS) is 22.1. The third kappa shape index (κ3) is 26.7. The van der Waals surface area contributed by atoms with Crippen LogP contribution in [0.3, 0.4) is 0 Å². The van der Waals surface area contributed by atoms with E-state index in [1.165, 1.54) is 116 Å². The maximum absolute atomic E-state index is 13.0. The van der Waals surface area contributed by atoms with Crippen molar-refractivity contribution in [3.63, 3.8) is 0 Å². The first-order valence-corrected chi connectivity index (χ1v) is 23.7. The number of hydrogen-bond acceptors (Lipinski definition) is 10. The first-order valence-electron chi connectivity index (χ1n) is 23.7. The van der Waals surface area contributed by atoms with Crippen LogP contribution in [-0.2, 0) is 14.3 Å². The van der Waals surface area contributed by atoms with Crippen LogP contribution in [0.15, 0.2) is 24.3 Å². The van der Waals surface area contributed by atoms with E-state index in [9.17, 15) is 40.5 Å². The lowest BCUT2D eigenvalue weighted by atomic mass is 9.98. The lowest BCUT2D eigenvalue weighted by Crippen LogP contribution is -2.60. The summed E-state index contributed by atoms with van der Waals surface area (Å²) in [5, 5.41) is 75.5. The van der Waals surface area contributed by atoms with Crippen LogP contribution >= 0.6 is 0 Å². The molecule has 0 aromatic rings. The molecule has 0 spiro atoms. The third-order valence-electron chi connectivity index (χ3n) is 11.5. The van der Waals surface area contributed by atoms with Crippen molar-refractivity contribution < 1.29 is 50.0 Å². The number of carbonyl (C=O) groups excluding carboxylic acids is 1. The van der Waals surface area contributed by atoms with Gasteiger partial charge in [-0.15, -0.1) is 0 Å². The molecule has 9 atom stereocenters. The highest BCUT2D eigenvalue weighted by atomic mass is 16.7. The van der Waals surface area contributed by atoms with E-state index in [-0.39, 0.29) is 12.8 Å². The topological polar surface area (TPSA) is 189 Å². The summed E-state index contributed by atoms with van der Waals surface area (Å²) in [6.45, 7) is 3.40. The van der Waals surface area contributed by atoms with Crippen molar-refractivity contribution in [1.82, 2.24) is 5.32 Å². The first-order chi connectivity index (χ1) is 28.2. The summed E-state index contributed by atoms with van der Waals surface area (Å²) in [7, 11) is 0. The molecule has 1 aliphatic rings. The number of allylic oxidation sites excluding steroid dienone is 4. The molecule has 1 amide bonds. The summed E-state index contributed by atoms with van der Waals surface area (Å²) in [4.78, 5) is 13.0. The summed E-state index contributed by atoms with van der Waals surface area (Å²) in [6, 6.07) is -1.19. The van der Waals surface area contributed by atoms with Gasteiger partial charge >= 0.3 is 0 Å². The number of unbranched alkanes of at least 4 members (excludes halogenated alkanes) is 23. The highest BCUT2D eigenvalue weighted by molar-refractivity contribution is 5.80. The number of rotatable bonds is 39. The van der Waals surface area contributed by atoms with E-state index in [4.69, 9.17) is 9.47 Å². The first kappa shape index (κ1) is 54.6. The van der Waals surface area contributed by atoms with Gasteiger partial charge in [-0.3, -0.25) is 4.79 Å². The molecule has 11 nitrogen and oxygen atoms in total. The molecule has 342 valence electrons. The van der Waals surface area contributed by atoms with Crippen LogP contribution in [0.4, 0.5) is 0 Å². The minimum Gasteiger partial charge on any atom is -0.394 e. The van der Waals surface area contributed by atoms with E-state index < -0.39 is 74.2 Å². The molecule has 0 aromatic carbocycles. The average molecular weight is 828 g/mol. The largest absolute Gasteiger partial charge is 0.394 e. The molecule has 11 heteroatoms. The minimum atomic E-state index is -1.67. The van der Waals surface area contributed by atoms with Crippen LogP contribution in [0.5, 0.6) is 0 Å². The molecule has 0 aromatic heterocycles. The second-order valence-electron chi connectivity index (χ2n) is 16.8. The number of nitrogens with one attached hydrogen (secondary N) is 1. The molecule has 58 heavy (non-hydrogen) atoms. The highest BCUT2D eigenvalue weighted by Crippen LogP contribution is 2.23. The van der Waals surface area contributed by atoms with Crippen molar-refractivity contribution in [1.29, 1.82) is 0 Å². The van der Waals surface area contributed by atoms with E-state index in [0.717, 1.165) is 38.5 Å². The zero-order chi connectivity index (χ0) is 42.6. The Labute approximate surface area is 353 Å². The van der Waals surface area contributed by atoms with Crippen molar-refractivity contribution in [3.8, 4) is 0 Å². The van der Waals surface area contributed by atoms with Gasteiger partial charge in [-0.25, -0.2) is 0 Å². The Morgan fingerprint density at radius 3 is 1.53 bits per heavy atom. The SMILES string of the molecule is CCCCCCCCCCCCCC/C=C/CC/C=C/CCCC(O)C(O)C(COC1OC(CO)C(O)C(O)C1O)NC(=O)C(O)CCCCCCCCCCCC. The van der Waals surface area contributed by atoms with Crippen molar-refractivity contribution in [3.05, 3.63) is 24.3 Å². The standard InChI is InChI=1S/C47H89NO10/c1-3-5-7-9-11-13-15-16-17-18-19-20-21-22-23-24-25-27-28-30-32-34-39(50)42(52)38(37-57-47-45(55)44(54)43(53)41(36-49)58-47)48-46(56)40(51)35-33-31-29-26-14-12-10-8-6-4-2/h22-23,27-28,38-45,47,49-55H,3-21,24-26,29-37H2,1-2H3,(H,48,56)/b23-22+,28-27+. The Morgan fingerprint density at radius 1 is 0.586 bits per heavy atom. The molecular weight excluding hydrogens is 739 g/mol. The summed E-state index contributed by atoms with van der Waals surface area (Å²) in [6.07, 6.45) is 29.6. The molecule has 0 bridgehead atoms. The van der Waals surface area contributed by atoms with Gasteiger partial charge in [0.1, 0.15) is 36.6 Å². The monoisotopic (exact) mass is 828 g/mol. The summed E-state index contributed by atoms with van der Waals surface area (Å²) in [5.74, 6) is -0.712. The Balaban J connectivity index is 2.44. The Morgan fingerprint density at radius 2 is 1.03 bits per heavy atom. The molecule has 1 aliphatic heterocycles. The number of aliphatic hydroxyl groups is 7. The molecule has 9 unspecified atom stereocenters. The zero-order valence-electron chi connectivity index (χ0n) is 36.8. The molecule has 1 fully saturated rings. The predicted octanol–water partition coefficient (Wildman–Crippen LogP) is 7.84. The van der Waals surface area contributed by atoms with Gasteiger partial charge in [0.2, 0.25) is 5.91 Å². The maximum Gasteiger partial charge on any atom is 0.249 e. The van der Waals surface area contributed by atoms with Gasteiger partial charge in [-0.1, -0.05) is 173 Å². The second kappa shape index (κ2) is 37.4. The van der Waals surface area contributed by atoms with Crippen LogP contribution in [0.1, 0.15) is 200 Å². The molecule has 1 heterocycles. The van der Waals surface area contributed by atoms with Crippen molar-refractivity contribution in [2.75, 3.05) is 13.2 Å². The van der Waals surface area contributed by atoms with Crippen LogP contribution in [0.2, 0.25) is 0 Å². The van der Waals surface area contributed by atoms with Gasteiger partial charge in [0.15, 0.2) is 6.29 Å². The molecular formula is C47H89NO10. The van der Waals surface area contributed by atoms with Crippen molar-refractivity contribution in [2.24, 2.45) is 0 Å². The van der Waals surface area contributed by atoms with Gasteiger partial charge in [0, 0.05) is 0 Å². The molecule has 1 rings (SSSR count). The number of ether oxygens (including phenoxy) is 2. The van der Waals surface area contributed by atoms with Crippen molar-refractivity contribution in [2.45, 2.75) is 255 Å².